The van der Waals surface area contributed by atoms with Crippen LogP contribution in [0.5, 0.6) is 11.8 Å². The zero-order valence-corrected chi connectivity index (χ0v) is 30.5. The van der Waals surface area contributed by atoms with Gasteiger partial charge in [-0.05, 0) is 86.0 Å². The zero-order chi connectivity index (χ0) is 36.9. The van der Waals surface area contributed by atoms with Crippen LogP contribution in [0.4, 0.5) is 14.6 Å². The van der Waals surface area contributed by atoms with E-state index < -0.39 is 17.7 Å². The molecule has 2 aromatic heterocycles. The standard InChI is InChI=1S/C39H45F2N5O5.CH4O/c1-2-27-30(40)7-6-23-13-25(47)14-28(32(23)27)34-33(41)35-29(17-42-34)36(45-11-12-49-19-26(48)18-45)44-37(43-35)51-22-39-8-3-5-31(39)46(10-4-9-39)24-15-38(16-24)20-50-21-38;1-2/h6-7,13-14,17,24,26,31,47-48H,2-5,8-12,15-16,18-22H2,1H3;2H,1H3. The van der Waals surface area contributed by atoms with E-state index in [1.165, 1.54) is 31.2 Å². The maximum atomic E-state index is 17.0. The van der Waals surface area contributed by atoms with E-state index in [4.69, 9.17) is 29.3 Å². The Morgan fingerprint density at radius 3 is 2.62 bits per heavy atom. The van der Waals surface area contributed by atoms with Gasteiger partial charge in [-0.2, -0.15) is 9.97 Å². The molecular formula is C40H49F2N5O6. The number of phenols is 1. The van der Waals surface area contributed by atoms with E-state index in [-0.39, 0.29) is 47.1 Å². The van der Waals surface area contributed by atoms with Gasteiger partial charge in [0.05, 0.1) is 44.5 Å². The summed E-state index contributed by atoms with van der Waals surface area (Å²) < 4.78 is 49.8. The van der Waals surface area contributed by atoms with Crippen molar-refractivity contribution < 1.29 is 38.3 Å². The summed E-state index contributed by atoms with van der Waals surface area (Å²) in [6, 6.07) is 7.00. The Morgan fingerprint density at radius 2 is 1.85 bits per heavy atom. The van der Waals surface area contributed by atoms with E-state index in [0.717, 1.165) is 59.0 Å². The molecule has 0 amide bonds. The van der Waals surface area contributed by atoms with Crippen molar-refractivity contribution in [3.63, 3.8) is 0 Å². The molecular weight excluding hydrogens is 684 g/mol. The molecule has 0 bridgehead atoms. The first-order valence-electron chi connectivity index (χ1n) is 19.0. The predicted molar refractivity (Wildman–Crippen MR) is 196 cm³/mol. The molecule has 3 atom stereocenters. The molecule has 1 spiro atoms. The van der Waals surface area contributed by atoms with Gasteiger partial charge in [0.25, 0.3) is 0 Å². The fourth-order valence-corrected chi connectivity index (χ4v) is 9.92. The number of piperidine rings is 1. The Bertz CT molecular complexity index is 1990. The third-order valence-corrected chi connectivity index (χ3v) is 12.4. The molecule has 2 aromatic carbocycles. The van der Waals surface area contributed by atoms with Crippen molar-refractivity contribution in [3.05, 3.63) is 47.7 Å². The molecule has 11 nitrogen and oxygen atoms in total. The Balaban J connectivity index is 0.00000197. The normalized spacial score (nSPS) is 25.7. The molecule has 5 aliphatic rings. The summed E-state index contributed by atoms with van der Waals surface area (Å²) in [5.41, 5.74) is 1.02. The van der Waals surface area contributed by atoms with Crippen LogP contribution >= 0.6 is 0 Å². The number of ether oxygens (including phenoxy) is 3. The van der Waals surface area contributed by atoms with Gasteiger partial charge in [0, 0.05) is 54.9 Å². The number of likely N-dealkylation sites (tertiary alicyclic amines) is 1. The number of aliphatic hydroxyl groups excluding tert-OH is 2. The van der Waals surface area contributed by atoms with Crippen LogP contribution in [0.1, 0.15) is 57.4 Å². The quantitative estimate of drug-likeness (QED) is 0.226. The van der Waals surface area contributed by atoms with Crippen molar-refractivity contribution in [2.75, 3.05) is 64.7 Å². The molecule has 4 aromatic rings. The van der Waals surface area contributed by atoms with Crippen LogP contribution in [0.25, 0.3) is 32.9 Å². The summed E-state index contributed by atoms with van der Waals surface area (Å²) in [4.78, 5) is 18.7. The van der Waals surface area contributed by atoms with Crippen LogP contribution < -0.4 is 9.64 Å². The number of aromatic hydroxyl groups is 1. The monoisotopic (exact) mass is 733 g/mol. The summed E-state index contributed by atoms with van der Waals surface area (Å²) in [7, 11) is 1.00. The number of pyridine rings is 1. The maximum absolute atomic E-state index is 17.0. The molecule has 13 heteroatoms. The van der Waals surface area contributed by atoms with Crippen molar-refractivity contribution in [1.82, 2.24) is 19.9 Å². The summed E-state index contributed by atoms with van der Waals surface area (Å²) in [6.45, 7) is 6.39. The molecule has 3 unspecified atom stereocenters. The number of rotatable bonds is 7. The topological polar surface area (TPSA) is 134 Å². The number of aromatic nitrogens is 3. The van der Waals surface area contributed by atoms with Gasteiger partial charge in [0.1, 0.15) is 28.6 Å². The van der Waals surface area contributed by atoms with Gasteiger partial charge >= 0.3 is 6.01 Å². The number of aryl methyl sites for hydroxylation is 1. The first kappa shape index (κ1) is 36.2. The minimum atomic E-state index is -0.761. The first-order valence-corrected chi connectivity index (χ1v) is 19.0. The molecule has 2 aliphatic carbocycles. The molecule has 2 saturated carbocycles. The second-order valence-electron chi connectivity index (χ2n) is 15.6. The highest BCUT2D eigenvalue weighted by Crippen LogP contribution is 2.55. The number of aliphatic hydroxyl groups is 2. The van der Waals surface area contributed by atoms with Crippen LogP contribution in [-0.2, 0) is 15.9 Å². The van der Waals surface area contributed by atoms with Gasteiger partial charge < -0.3 is 34.4 Å². The van der Waals surface area contributed by atoms with Crippen molar-refractivity contribution in [2.24, 2.45) is 10.8 Å². The summed E-state index contributed by atoms with van der Waals surface area (Å²) in [6.07, 6.45) is 9.07. The third kappa shape index (κ3) is 6.37. The van der Waals surface area contributed by atoms with Crippen LogP contribution in [0.15, 0.2) is 30.5 Å². The number of hydrogen-bond donors (Lipinski definition) is 3. The summed E-state index contributed by atoms with van der Waals surface area (Å²) in [5.74, 6) is -0.791. The average Bonchev–Trinajstić information content (AvgIpc) is 3.45. The molecule has 3 saturated heterocycles. The van der Waals surface area contributed by atoms with Gasteiger partial charge in [-0.15, -0.1) is 0 Å². The number of nitrogens with zero attached hydrogens (tertiary/aromatic N) is 5. The number of fused-ring (bicyclic) bond motifs is 3. The molecule has 0 radical (unpaired) electrons. The van der Waals surface area contributed by atoms with Crippen molar-refractivity contribution in [3.8, 4) is 23.0 Å². The number of halogens is 2. The van der Waals surface area contributed by atoms with Crippen LogP contribution in [-0.4, -0.2) is 113 Å². The summed E-state index contributed by atoms with van der Waals surface area (Å²) >= 11 is 0. The Labute approximate surface area is 307 Å². The highest BCUT2D eigenvalue weighted by Gasteiger charge is 2.56. The number of benzene rings is 2. The Hall–Kier alpha value is -3.75. The second kappa shape index (κ2) is 14.5. The maximum Gasteiger partial charge on any atom is 0.319 e. The largest absolute Gasteiger partial charge is 0.508 e. The van der Waals surface area contributed by atoms with E-state index in [2.05, 4.69) is 9.88 Å². The molecule has 9 rings (SSSR count). The molecule has 53 heavy (non-hydrogen) atoms. The van der Waals surface area contributed by atoms with E-state index in [1.54, 1.807) is 12.1 Å². The van der Waals surface area contributed by atoms with Gasteiger partial charge in [-0.25, -0.2) is 8.78 Å². The van der Waals surface area contributed by atoms with Crippen molar-refractivity contribution in [2.45, 2.75) is 76.5 Å². The fraction of sp³-hybridized carbons (Fsp3) is 0.575. The smallest absolute Gasteiger partial charge is 0.319 e. The lowest BCUT2D eigenvalue weighted by atomic mass is 9.62. The Morgan fingerprint density at radius 1 is 1.04 bits per heavy atom. The average molecular weight is 734 g/mol. The lowest BCUT2D eigenvalue weighted by Crippen LogP contribution is -2.64. The van der Waals surface area contributed by atoms with E-state index >= 15 is 8.78 Å². The minimum absolute atomic E-state index is 0.0128. The van der Waals surface area contributed by atoms with Crippen molar-refractivity contribution >= 4 is 27.5 Å². The second-order valence-corrected chi connectivity index (χ2v) is 15.6. The van der Waals surface area contributed by atoms with Crippen LogP contribution in [0.3, 0.4) is 0 Å². The molecule has 3 N–H and O–H groups in total. The van der Waals surface area contributed by atoms with Crippen molar-refractivity contribution in [1.29, 1.82) is 0 Å². The number of phenolic OH excluding ortho intramolecular Hbond substituents is 1. The van der Waals surface area contributed by atoms with Gasteiger partial charge in [-0.3, -0.25) is 9.88 Å². The highest BCUT2D eigenvalue weighted by atomic mass is 19.1. The Kier molecular flexibility index (Phi) is 9.90. The number of anilines is 1. The molecule has 3 aliphatic heterocycles. The van der Waals surface area contributed by atoms with E-state index in [1.807, 2.05) is 11.8 Å². The lowest BCUT2D eigenvalue weighted by Gasteiger charge is -2.60. The summed E-state index contributed by atoms with van der Waals surface area (Å²) in [5, 5.41) is 29.7. The van der Waals surface area contributed by atoms with Gasteiger partial charge in [-0.1, -0.05) is 19.4 Å². The number of hydrogen-bond acceptors (Lipinski definition) is 11. The zero-order valence-electron chi connectivity index (χ0n) is 30.5. The van der Waals surface area contributed by atoms with E-state index in [9.17, 15) is 10.2 Å². The highest BCUT2D eigenvalue weighted by molar-refractivity contribution is 6.01. The molecule has 5 heterocycles. The van der Waals surface area contributed by atoms with E-state index in [0.29, 0.717) is 71.2 Å². The minimum Gasteiger partial charge on any atom is -0.508 e. The SMILES string of the molecule is CCc1c(F)ccc2cc(O)cc(-c3ncc4c(N5CCOCC(O)C5)nc(OCC56CCCC5N(C5CC7(COC7)C5)CCC6)nc4c3F)c12.CO. The van der Waals surface area contributed by atoms with Gasteiger partial charge in [0.15, 0.2) is 5.82 Å². The fourth-order valence-electron chi connectivity index (χ4n) is 9.92. The van der Waals surface area contributed by atoms with Crippen LogP contribution in [0.2, 0.25) is 0 Å². The van der Waals surface area contributed by atoms with Crippen LogP contribution in [0, 0.1) is 22.5 Å². The number of β-amino-alcohol motifs (C(OH)–C–C–N with tert-alkyl or cyclic N) is 1. The molecule has 284 valence electrons. The molecule has 5 fully saturated rings. The lowest BCUT2D eigenvalue weighted by molar-refractivity contribution is -0.196. The van der Waals surface area contributed by atoms with Gasteiger partial charge in [0.2, 0.25) is 0 Å². The predicted octanol–water partition coefficient (Wildman–Crippen LogP) is 5.39. The first-order chi connectivity index (χ1) is 25.8. The third-order valence-electron chi connectivity index (χ3n) is 12.4.